The van der Waals surface area contributed by atoms with E-state index in [4.69, 9.17) is 9.47 Å². The van der Waals surface area contributed by atoms with Crippen LogP contribution < -0.4 is 14.8 Å². The number of nitrogens with zero attached hydrogens (tertiary/aromatic N) is 3. The van der Waals surface area contributed by atoms with Crippen molar-refractivity contribution in [1.82, 2.24) is 20.1 Å². The summed E-state index contributed by atoms with van der Waals surface area (Å²) in [6.45, 7) is 9.54. The minimum Gasteiger partial charge on any atom is -0.490 e. The number of hydrogen-bond donors (Lipinski definition) is 1. The molecule has 2 amide bonds. The number of hydrogen-bond acceptors (Lipinski definition) is 6. The van der Waals surface area contributed by atoms with E-state index in [-0.39, 0.29) is 11.8 Å². The zero-order valence-corrected chi connectivity index (χ0v) is 18.5. The Bertz CT molecular complexity index is 911. The number of amides is 2. The molecule has 1 aromatic carbocycles. The maximum atomic E-state index is 13.0. The van der Waals surface area contributed by atoms with Crippen molar-refractivity contribution in [2.24, 2.45) is 0 Å². The molecule has 1 N–H and O–H groups in total. The third-order valence-electron chi connectivity index (χ3n) is 5.08. The molecule has 0 unspecified atom stereocenters. The Morgan fingerprint density at radius 3 is 2.66 bits per heavy atom. The van der Waals surface area contributed by atoms with Gasteiger partial charge in [-0.05, 0) is 31.2 Å². The maximum absolute atomic E-state index is 13.0. The van der Waals surface area contributed by atoms with Gasteiger partial charge < -0.3 is 19.7 Å². The van der Waals surface area contributed by atoms with Gasteiger partial charge in [0.05, 0.1) is 13.2 Å². The highest BCUT2D eigenvalue weighted by molar-refractivity contribution is 5.95. The fraction of sp³-hybridized carbons (Fsp3) is 0.375. The van der Waals surface area contributed by atoms with Crippen molar-refractivity contribution in [2.75, 3.05) is 45.9 Å². The molecule has 1 aromatic heterocycles. The molecular weight excluding hydrogens is 408 g/mol. The van der Waals surface area contributed by atoms with E-state index in [0.29, 0.717) is 69.5 Å². The summed E-state index contributed by atoms with van der Waals surface area (Å²) in [5.41, 5.74) is 1.51. The second-order valence-electron chi connectivity index (χ2n) is 7.41. The predicted octanol–water partition coefficient (Wildman–Crippen LogP) is 2.12. The summed E-state index contributed by atoms with van der Waals surface area (Å²) in [5, 5.41) is 2.78. The van der Waals surface area contributed by atoms with E-state index in [9.17, 15) is 9.59 Å². The molecule has 170 valence electrons. The molecule has 1 aliphatic heterocycles. The van der Waals surface area contributed by atoms with Crippen molar-refractivity contribution in [3.8, 4) is 11.5 Å². The normalized spacial score (nSPS) is 14.0. The highest BCUT2D eigenvalue weighted by atomic mass is 16.5. The lowest BCUT2D eigenvalue weighted by molar-refractivity contribution is -0.122. The van der Waals surface area contributed by atoms with Gasteiger partial charge in [-0.15, -0.1) is 6.58 Å². The van der Waals surface area contributed by atoms with Gasteiger partial charge in [0.15, 0.2) is 11.5 Å². The monoisotopic (exact) mass is 438 g/mol. The molecule has 8 nitrogen and oxygen atoms in total. The van der Waals surface area contributed by atoms with Crippen molar-refractivity contribution in [3.05, 3.63) is 66.5 Å². The van der Waals surface area contributed by atoms with Crippen LogP contribution >= 0.6 is 0 Å². The van der Waals surface area contributed by atoms with Gasteiger partial charge in [0.25, 0.3) is 5.91 Å². The lowest BCUT2D eigenvalue weighted by Crippen LogP contribution is -2.51. The third-order valence-corrected chi connectivity index (χ3v) is 5.08. The zero-order valence-electron chi connectivity index (χ0n) is 18.5. The number of pyridine rings is 1. The number of nitrogens with one attached hydrogen (secondary N) is 1. The van der Waals surface area contributed by atoms with Crippen molar-refractivity contribution >= 4 is 11.8 Å². The van der Waals surface area contributed by atoms with Crippen LogP contribution in [0.5, 0.6) is 11.5 Å². The van der Waals surface area contributed by atoms with E-state index in [1.54, 1.807) is 41.6 Å². The summed E-state index contributed by atoms with van der Waals surface area (Å²) in [5.74, 6) is 1.04. The van der Waals surface area contributed by atoms with E-state index in [0.717, 1.165) is 5.56 Å². The molecule has 32 heavy (non-hydrogen) atoms. The van der Waals surface area contributed by atoms with Crippen LogP contribution in [0.2, 0.25) is 0 Å². The van der Waals surface area contributed by atoms with Gasteiger partial charge in [0.1, 0.15) is 6.61 Å². The zero-order chi connectivity index (χ0) is 22.8. The second-order valence-corrected chi connectivity index (χ2v) is 7.41. The van der Waals surface area contributed by atoms with Gasteiger partial charge in [0.2, 0.25) is 5.91 Å². The molecule has 0 radical (unpaired) electrons. The fourth-order valence-electron chi connectivity index (χ4n) is 3.41. The first-order chi connectivity index (χ1) is 15.6. The lowest BCUT2D eigenvalue weighted by atomic mass is 10.1. The largest absolute Gasteiger partial charge is 0.490 e. The molecular formula is C24H30N4O4. The first-order valence-corrected chi connectivity index (χ1v) is 10.8. The molecule has 1 saturated heterocycles. The van der Waals surface area contributed by atoms with Crippen LogP contribution in [0.4, 0.5) is 0 Å². The van der Waals surface area contributed by atoms with Crippen LogP contribution in [0.25, 0.3) is 0 Å². The lowest BCUT2D eigenvalue weighted by Gasteiger charge is -2.34. The summed E-state index contributed by atoms with van der Waals surface area (Å²) in [6, 6.07) is 9.07. The van der Waals surface area contributed by atoms with Gasteiger partial charge in [-0.1, -0.05) is 12.1 Å². The Balaban J connectivity index is 1.58. The SMILES string of the molecule is C=CCNC(=O)CN1CCN(C(=O)c2ccc(OCc3cccnc3)c(OCC)c2)CC1. The quantitative estimate of drug-likeness (QED) is 0.572. The molecule has 2 heterocycles. The second kappa shape index (κ2) is 11.9. The number of benzene rings is 1. The number of piperazine rings is 1. The standard InChI is InChI=1S/C24H30N4O4/c1-3-9-26-23(29)17-27-11-13-28(14-12-27)24(30)20-7-8-21(22(15-20)31-4-2)32-18-19-6-5-10-25-16-19/h3,5-8,10,15-16H,1,4,9,11-14,17-18H2,2H3,(H,26,29). The van der Waals surface area contributed by atoms with E-state index in [1.807, 2.05) is 24.0 Å². The molecule has 1 aliphatic rings. The van der Waals surface area contributed by atoms with E-state index in [2.05, 4.69) is 16.9 Å². The number of ether oxygens (including phenoxy) is 2. The minimum absolute atomic E-state index is 0.0343. The molecule has 0 aliphatic carbocycles. The van der Waals surface area contributed by atoms with E-state index in [1.165, 1.54) is 0 Å². The van der Waals surface area contributed by atoms with Gasteiger partial charge >= 0.3 is 0 Å². The smallest absolute Gasteiger partial charge is 0.254 e. The van der Waals surface area contributed by atoms with Crippen LogP contribution in [0.15, 0.2) is 55.4 Å². The Kier molecular flexibility index (Phi) is 8.62. The molecule has 2 aromatic rings. The van der Waals surface area contributed by atoms with Crippen LogP contribution in [0.1, 0.15) is 22.8 Å². The number of carbonyl (C=O) groups excluding carboxylic acids is 2. The average Bonchev–Trinajstić information content (AvgIpc) is 2.83. The van der Waals surface area contributed by atoms with Crippen LogP contribution in [-0.4, -0.2) is 72.5 Å². The summed E-state index contributed by atoms with van der Waals surface area (Å²) < 4.78 is 11.6. The topological polar surface area (TPSA) is 84.0 Å². The maximum Gasteiger partial charge on any atom is 0.254 e. The predicted molar refractivity (Wildman–Crippen MR) is 122 cm³/mol. The Hall–Kier alpha value is -3.39. The Morgan fingerprint density at radius 2 is 1.97 bits per heavy atom. The molecule has 8 heteroatoms. The van der Waals surface area contributed by atoms with Gasteiger partial charge in [-0.3, -0.25) is 19.5 Å². The van der Waals surface area contributed by atoms with Gasteiger partial charge in [-0.2, -0.15) is 0 Å². The molecule has 0 spiro atoms. The van der Waals surface area contributed by atoms with Crippen LogP contribution in [0.3, 0.4) is 0 Å². The minimum atomic E-state index is -0.0551. The van der Waals surface area contributed by atoms with Gasteiger partial charge in [-0.25, -0.2) is 0 Å². The molecule has 3 rings (SSSR count). The number of carbonyl (C=O) groups is 2. The first kappa shape index (κ1) is 23.3. The van der Waals surface area contributed by atoms with E-state index < -0.39 is 0 Å². The van der Waals surface area contributed by atoms with E-state index >= 15 is 0 Å². The molecule has 0 atom stereocenters. The van der Waals surface area contributed by atoms with Crippen molar-refractivity contribution in [3.63, 3.8) is 0 Å². The number of rotatable bonds is 10. The third kappa shape index (κ3) is 6.55. The Labute approximate surface area is 188 Å². The summed E-state index contributed by atoms with van der Waals surface area (Å²) in [4.78, 5) is 32.8. The average molecular weight is 439 g/mol. The fourth-order valence-corrected chi connectivity index (χ4v) is 3.41. The van der Waals surface area contributed by atoms with Crippen molar-refractivity contribution in [1.29, 1.82) is 0 Å². The highest BCUT2D eigenvalue weighted by Crippen LogP contribution is 2.30. The van der Waals surface area contributed by atoms with Gasteiger partial charge in [0, 0.05) is 56.2 Å². The first-order valence-electron chi connectivity index (χ1n) is 10.8. The molecule has 0 bridgehead atoms. The summed E-state index contributed by atoms with van der Waals surface area (Å²) >= 11 is 0. The number of aromatic nitrogens is 1. The molecule has 0 saturated carbocycles. The molecule has 1 fully saturated rings. The Morgan fingerprint density at radius 1 is 1.16 bits per heavy atom. The van der Waals surface area contributed by atoms with Crippen LogP contribution in [-0.2, 0) is 11.4 Å². The summed E-state index contributed by atoms with van der Waals surface area (Å²) in [7, 11) is 0. The highest BCUT2D eigenvalue weighted by Gasteiger charge is 2.24. The van der Waals surface area contributed by atoms with Crippen molar-refractivity contribution < 1.29 is 19.1 Å². The van der Waals surface area contributed by atoms with Crippen LogP contribution in [0, 0.1) is 0 Å². The summed E-state index contributed by atoms with van der Waals surface area (Å²) in [6.07, 6.45) is 5.12. The van der Waals surface area contributed by atoms with Crippen molar-refractivity contribution in [2.45, 2.75) is 13.5 Å².